The van der Waals surface area contributed by atoms with Gasteiger partial charge >= 0.3 is 0 Å². The average molecular weight is 353 g/mol. The Balaban J connectivity index is 1.47. The van der Waals surface area contributed by atoms with Gasteiger partial charge in [0.25, 0.3) is 0 Å². The van der Waals surface area contributed by atoms with E-state index in [4.69, 9.17) is 0 Å². The van der Waals surface area contributed by atoms with Gasteiger partial charge in [-0.2, -0.15) is 5.10 Å². The number of anilines is 1. The van der Waals surface area contributed by atoms with Gasteiger partial charge < -0.3 is 0 Å². The van der Waals surface area contributed by atoms with Gasteiger partial charge in [-0.15, -0.1) is 22.7 Å². The molecule has 3 nitrogen and oxygen atoms in total. The van der Waals surface area contributed by atoms with Gasteiger partial charge in [0.05, 0.1) is 11.9 Å². The third kappa shape index (κ3) is 3.20. The highest BCUT2D eigenvalue weighted by atomic mass is 32.1. The molecule has 0 bridgehead atoms. The van der Waals surface area contributed by atoms with Crippen LogP contribution in [0.25, 0.3) is 21.3 Å². The van der Waals surface area contributed by atoms with E-state index >= 15 is 0 Å². The predicted octanol–water partition coefficient (Wildman–Crippen LogP) is 5.61. The standard InChI is InChI=1S/C18H12FN3S2/c19-14-7-5-12(6-8-14)16-11-23-18(21-16)22-20-10-15-9-13-3-1-2-4-17(13)24-15/h1-11H,(H,21,22)/b20-10+. The normalized spacial score (nSPS) is 11.4. The van der Waals surface area contributed by atoms with Gasteiger partial charge in [0.2, 0.25) is 5.13 Å². The molecular formula is C18H12FN3S2. The summed E-state index contributed by atoms with van der Waals surface area (Å²) in [5.74, 6) is -0.250. The summed E-state index contributed by atoms with van der Waals surface area (Å²) >= 11 is 3.16. The Morgan fingerprint density at radius 3 is 2.75 bits per heavy atom. The molecule has 0 atom stereocenters. The molecular weight excluding hydrogens is 341 g/mol. The average Bonchev–Trinajstić information content (AvgIpc) is 3.22. The van der Waals surface area contributed by atoms with Crippen LogP contribution in [0.4, 0.5) is 9.52 Å². The summed E-state index contributed by atoms with van der Waals surface area (Å²) < 4.78 is 14.2. The van der Waals surface area contributed by atoms with Crippen molar-refractivity contribution in [1.29, 1.82) is 0 Å². The van der Waals surface area contributed by atoms with Gasteiger partial charge in [-0.3, -0.25) is 5.43 Å². The topological polar surface area (TPSA) is 37.3 Å². The van der Waals surface area contributed by atoms with E-state index in [2.05, 4.69) is 33.7 Å². The van der Waals surface area contributed by atoms with E-state index in [0.717, 1.165) is 16.1 Å². The van der Waals surface area contributed by atoms with Gasteiger partial charge in [-0.05, 0) is 41.8 Å². The first-order valence-corrected chi connectivity index (χ1v) is 8.97. The highest BCUT2D eigenvalue weighted by Gasteiger charge is 2.04. The molecule has 118 valence electrons. The molecule has 0 amide bonds. The van der Waals surface area contributed by atoms with Crippen LogP contribution in [0.15, 0.2) is 65.1 Å². The second-order valence-electron chi connectivity index (χ2n) is 5.10. The van der Waals surface area contributed by atoms with Crippen molar-refractivity contribution >= 4 is 44.1 Å². The first-order valence-electron chi connectivity index (χ1n) is 7.27. The van der Waals surface area contributed by atoms with Gasteiger partial charge in [0.1, 0.15) is 5.82 Å². The molecule has 0 saturated carbocycles. The molecule has 0 aliphatic heterocycles. The maximum atomic E-state index is 13.0. The lowest BCUT2D eigenvalue weighted by molar-refractivity contribution is 0.628. The highest BCUT2D eigenvalue weighted by molar-refractivity contribution is 7.20. The fourth-order valence-corrected chi connectivity index (χ4v) is 3.90. The van der Waals surface area contributed by atoms with E-state index in [1.54, 1.807) is 29.7 Å². The second-order valence-corrected chi connectivity index (χ2v) is 7.07. The Labute approximate surface area is 146 Å². The van der Waals surface area contributed by atoms with Crippen molar-refractivity contribution in [1.82, 2.24) is 4.98 Å². The Morgan fingerprint density at radius 1 is 1.08 bits per heavy atom. The van der Waals surface area contributed by atoms with E-state index in [1.165, 1.54) is 33.6 Å². The summed E-state index contributed by atoms with van der Waals surface area (Å²) in [6.45, 7) is 0. The SMILES string of the molecule is Fc1ccc(-c2csc(N/N=C/c3cc4ccccc4s3)n2)cc1. The summed E-state index contributed by atoms with van der Waals surface area (Å²) in [7, 11) is 0. The van der Waals surface area contributed by atoms with Crippen LogP contribution in [0, 0.1) is 5.82 Å². The summed E-state index contributed by atoms with van der Waals surface area (Å²) in [6.07, 6.45) is 1.80. The van der Waals surface area contributed by atoms with Crippen LogP contribution in [0.1, 0.15) is 4.88 Å². The molecule has 0 aliphatic rings. The third-order valence-electron chi connectivity index (χ3n) is 3.44. The number of thiazole rings is 1. The van der Waals surface area contributed by atoms with Gasteiger partial charge in [-0.25, -0.2) is 9.37 Å². The van der Waals surface area contributed by atoms with Crippen molar-refractivity contribution < 1.29 is 4.39 Å². The maximum absolute atomic E-state index is 13.0. The van der Waals surface area contributed by atoms with Gasteiger partial charge in [0, 0.05) is 20.5 Å². The van der Waals surface area contributed by atoms with Crippen LogP contribution in [-0.2, 0) is 0 Å². The number of halogens is 1. The Hall–Kier alpha value is -2.57. The summed E-state index contributed by atoms with van der Waals surface area (Å²) in [6, 6.07) is 16.7. The minimum absolute atomic E-state index is 0.250. The van der Waals surface area contributed by atoms with Gasteiger partial charge in [0.15, 0.2) is 0 Å². The molecule has 0 aliphatic carbocycles. The van der Waals surface area contributed by atoms with E-state index in [9.17, 15) is 4.39 Å². The number of nitrogens with one attached hydrogen (secondary N) is 1. The number of thiophene rings is 1. The zero-order valence-corrected chi connectivity index (χ0v) is 14.1. The second kappa shape index (κ2) is 6.51. The molecule has 0 spiro atoms. The fraction of sp³-hybridized carbons (Fsp3) is 0. The Morgan fingerprint density at radius 2 is 1.92 bits per heavy atom. The van der Waals surface area contributed by atoms with Crippen LogP contribution >= 0.6 is 22.7 Å². The number of nitrogens with zero attached hydrogens (tertiary/aromatic N) is 2. The molecule has 6 heteroatoms. The van der Waals surface area contributed by atoms with Crippen LogP contribution in [0.5, 0.6) is 0 Å². The summed E-state index contributed by atoms with van der Waals surface area (Å²) in [4.78, 5) is 5.54. The monoisotopic (exact) mass is 353 g/mol. The molecule has 4 aromatic rings. The Bertz CT molecular complexity index is 969. The van der Waals surface area contributed by atoms with Crippen molar-refractivity contribution in [3.8, 4) is 11.3 Å². The number of aromatic nitrogens is 1. The lowest BCUT2D eigenvalue weighted by atomic mass is 10.2. The molecule has 24 heavy (non-hydrogen) atoms. The lowest BCUT2D eigenvalue weighted by Gasteiger charge is -1.95. The number of fused-ring (bicyclic) bond motifs is 1. The number of hydrazone groups is 1. The molecule has 0 unspecified atom stereocenters. The molecule has 2 aromatic heterocycles. The number of rotatable bonds is 4. The largest absolute Gasteiger partial charge is 0.253 e. The maximum Gasteiger partial charge on any atom is 0.203 e. The first-order chi connectivity index (χ1) is 11.8. The van der Waals surface area contributed by atoms with Crippen molar-refractivity contribution in [3.63, 3.8) is 0 Å². The fourth-order valence-electron chi connectivity index (χ4n) is 2.30. The van der Waals surface area contributed by atoms with Crippen molar-refractivity contribution in [3.05, 3.63) is 70.7 Å². The van der Waals surface area contributed by atoms with Crippen LogP contribution in [0.3, 0.4) is 0 Å². The lowest BCUT2D eigenvalue weighted by Crippen LogP contribution is -1.88. The van der Waals surface area contributed by atoms with Crippen molar-refractivity contribution in [2.45, 2.75) is 0 Å². The summed E-state index contributed by atoms with van der Waals surface area (Å²) in [5.41, 5.74) is 4.64. The first kappa shape index (κ1) is 15.0. The third-order valence-corrected chi connectivity index (χ3v) is 5.24. The number of hydrogen-bond donors (Lipinski definition) is 1. The zero-order valence-electron chi connectivity index (χ0n) is 12.4. The minimum atomic E-state index is -0.250. The highest BCUT2D eigenvalue weighted by Crippen LogP contribution is 2.26. The molecule has 2 aromatic carbocycles. The summed E-state index contributed by atoms with van der Waals surface area (Å²) in [5, 5.41) is 8.09. The van der Waals surface area contributed by atoms with E-state index in [1.807, 2.05) is 17.5 Å². The van der Waals surface area contributed by atoms with Crippen molar-refractivity contribution in [2.24, 2.45) is 5.10 Å². The molecule has 0 radical (unpaired) electrons. The van der Waals surface area contributed by atoms with Crippen molar-refractivity contribution in [2.75, 3.05) is 5.43 Å². The van der Waals surface area contributed by atoms with E-state index < -0.39 is 0 Å². The molecule has 1 N–H and O–H groups in total. The van der Waals surface area contributed by atoms with Crippen LogP contribution in [0.2, 0.25) is 0 Å². The minimum Gasteiger partial charge on any atom is -0.253 e. The predicted molar refractivity (Wildman–Crippen MR) is 101 cm³/mol. The van der Waals surface area contributed by atoms with Crippen LogP contribution in [-0.4, -0.2) is 11.2 Å². The van der Waals surface area contributed by atoms with Crippen LogP contribution < -0.4 is 5.43 Å². The quantitative estimate of drug-likeness (QED) is 0.382. The number of benzene rings is 2. The zero-order chi connectivity index (χ0) is 16.4. The number of hydrogen-bond acceptors (Lipinski definition) is 5. The van der Waals surface area contributed by atoms with Gasteiger partial charge in [-0.1, -0.05) is 18.2 Å². The molecule has 0 fully saturated rings. The molecule has 0 saturated heterocycles. The Kier molecular flexibility index (Phi) is 4.06. The van der Waals surface area contributed by atoms with E-state index in [-0.39, 0.29) is 5.82 Å². The molecule has 2 heterocycles. The van der Waals surface area contributed by atoms with E-state index in [0.29, 0.717) is 5.13 Å². The smallest absolute Gasteiger partial charge is 0.203 e. The molecule has 4 rings (SSSR count).